The molecule has 0 aliphatic heterocycles. The number of alkyl halides is 3. The molecule has 0 bridgehead atoms. The van der Waals surface area contributed by atoms with E-state index in [0.29, 0.717) is 5.69 Å². The Bertz CT molecular complexity index is 1020. The maximum Gasteiger partial charge on any atom is 0.405 e. The Morgan fingerprint density at radius 1 is 1.17 bits per heavy atom. The molecular weight excluding hydrogens is 410 g/mol. The molecule has 3 rings (SSSR count). The van der Waals surface area contributed by atoms with Crippen molar-refractivity contribution in [3.8, 4) is 5.82 Å². The molecule has 0 aliphatic rings. The number of carbonyl (C=O) groups is 1. The first-order valence-corrected chi connectivity index (χ1v) is 8.34. The van der Waals surface area contributed by atoms with Gasteiger partial charge in [-0.15, -0.1) is 5.10 Å². The molecule has 0 saturated carbocycles. The van der Waals surface area contributed by atoms with Gasteiger partial charge < -0.3 is 21.7 Å². The minimum Gasteiger partial charge on any atom is -0.368 e. The lowest BCUT2D eigenvalue weighted by Gasteiger charge is -2.09. The highest BCUT2D eigenvalue weighted by atomic mass is 19.4. The van der Waals surface area contributed by atoms with Crippen LogP contribution in [0.2, 0.25) is 0 Å². The van der Waals surface area contributed by atoms with Gasteiger partial charge in [0.2, 0.25) is 17.8 Å². The van der Waals surface area contributed by atoms with Crippen LogP contribution in [0, 0.1) is 5.82 Å². The van der Waals surface area contributed by atoms with Gasteiger partial charge in [0.15, 0.2) is 5.82 Å². The van der Waals surface area contributed by atoms with Gasteiger partial charge in [-0.3, -0.25) is 4.79 Å². The summed E-state index contributed by atoms with van der Waals surface area (Å²) in [6.07, 6.45) is -3.35. The van der Waals surface area contributed by atoms with E-state index in [4.69, 9.17) is 5.73 Å². The molecule has 1 aromatic carbocycles. The van der Waals surface area contributed by atoms with Gasteiger partial charge >= 0.3 is 6.18 Å². The van der Waals surface area contributed by atoms with Crippen LogP contribution >= 0.6 is 0 Å². The quantitative estimate of drug-likeness (QED) is 0.419. The molecule has 0 unspecified atom stereocenters. The zero-order valence-corrected chi connectivity index (χ0v) is 15.1. The van der Waals surface area contributed by atoms with Gasteiger partial charge in [0.1, 0.15) is 24.5 Å². The summed E-state index contributed by atoms with van der Waals surface area (Å²) >= 11 is 0. The minimum atomic E-state index is -4.50. The maximum absolute atomic E-state index is 13.0. The Labute approximate surface area is 166 Å². The van der Waals surface area contributed by atoms with Gasteiger partial charge in [-0.1, -0.05) is 0 Å². The van der Waals surface area contributed by atoms with Gasteiger partial charge in [-0.25, -0.2) is 14.4 Å². The molecule has 14 heteroatoms. The number of carbonyl (C=O) groups excluding carboxylic acids is 1. The van der Waals surface area contributed by atoms with E-state index in [1.165, 1.54) is 35.0 Å². The highest BCUT2D eigenvalue weighted by Crippen LogP contribution is 2.18. The van der Waals surface area contributed by atoms with E-state index < -0.39 is 31.0 Å². The summed E-state index contributed by atoms with van der Waals surface area (Å²) in [7, 11) is 0. The van der Waals surface area contributed by atoms with Gasteiger partial charge in [0.05, 0.1) is 6.54 Å². The fraction of sp³-hybridized carbons (Fsp3) is 0.188. The first-order valence-electron chi connectivity index (χ1n) is 8.34. The number of amides is 1. The van der Waals surface area contributed by atoms with Crippen LogP contribution in [0.4, 0.5) is 41.0 Å². The Hall–Kier alpha value is -3.97. The Kier molecular flexibility index (Phi) is 5.94. The number of nitrogens with zero attached hydrogens (tertiary/aromatic N) is 5. The second-order valence-corrected chi connectivity index (χ2v) is 5.84. The molecule has 5 N–H and O–H groups in total. The van der Waals surface area contributed by atoms with Crippen LogP contribution in [0.3, 0.4) is 0 Å². The highest BCUT2D eigenvalue weighted by Gasteiger charge is 2.27. The standard InChI is InChI=1S/C16H15F4N9O/c17-9-1-3-10(4-2-9)26-15-27-14(21)29(28-15)12-5-11(24-8-25-12)22-6-13(30)23-7-16(18,19)20/h1-5,8H,6-7H2,(H,23,30)(H,22,24,25)(H3,21,26,27,28). The van der Waals surface area contributed by atoms with Gasteiger partial charge in [-0.2, -0.15) is 22.8 Å². The average Bonchev–Trinajstić information content (AvgIpc) is 3.06. The fourth-order valence-corrected chi connectivity index (χ4v) is 2.20. The number of rotatable bonds is 7. The molecule has 0 saturated heterocycles. The van der Waals surface area contributed by atoms with E-state index >= 15 is 0 Å². The number of anilines is 4. The number of halogens is 4. The van der Waals surface area contributed by atoms with Crippen LogP contribution in [0.15, 0.2) is 36.7 Å². The normalized spacial score (nSPS) is 11.2. The summed E-state index contributed by atoms with van der Waals surface area (Å²) < 4.78 is 50.5. The van der Waals surface area contributed by atoms with Crippen LogP contribution in [0.25, 0.3) is 5.82 Å². The molecule has 0 radical (unpaired) electrons. The van der Waals surface area contributed by atoms with Crippen molar-refractivity contribution in [1.29, 1.82) is 0 Å². The molecule has 30 heavy (non-hydrogen) atoms. The van der Waals surface area contributed by atoms with Gasteiger partial charge in [0, 0.05) is 11.8 Å². The van der Waals surface area contributed by atoms with E-state index in [9.17, 15) is 22.4 Å². The van der Waals surface area contributed by atoms with Crippen molar-refractivity contribution in [2.75, 3.05) is 29.5 Å². The number of nitrogens with one attached hydrogen (secondary N) is 3. The monoisotopic (exact) mass is 425 g/mol. The van der Waals surface area contributed by atoms with E-state index in [1.807, 2.05) is 0 Å². The fourth-order valence-electron chi connectivity index (χ4n) is 2.20. The predicted molar refractivity (Wildman–Crippen MR) is 98.6 cm³/mol. The third-order valence-electron chi connectivity index (χ3n) is 3.52. The summed E-state index contributed by atoms with van der Waals surface area (Å²) in [5.41, 5.74) is 6.37. The summed E-state index contributed by atoms with van der Waals surface area (Å²) in [5, 5.41) is 11.3. The number of benzene rings is 1. The summed E-state index contributed by atoms with van der Waals surface area (Å²) in [5.74, 6) is -0.804. The lowest BCUT2D eigenvalue weighted by molar-refractivity contribution is -0.137. The van der Waals surface area contributed by atoms with Crippen LogP contribution in [0.1, 0.15) is 0 Å². The highest BCUT2D eigenvalue weighted by molar-refractivity contribution is 5.80. The first kappa shape index (κ1) is 20.8. The Morgan fingerprint density at radius 3 is 2.60 bits per heavy atom. The number of aromatic nitrogens is 5. The number of nitrogens with two attached hydrogens (primary N) is 1. The van der Waals surface area contributed by atoms with E-state index in [1.54, 1.807) is 5.32 Å². The van der Waals surface area contributed by atoms with Crippen LogP contribution in [-0.2, 0) is 4.79 Å². The molecule has 0 atom stereocenters. The van der Waals surface area contributed by atoms with Gasteiger partial charge in [0.25, 0.3) is 0 Å². The molecule has 0 spiro atoms. The predicted octanol–water partition coefficient (Wildman–Crippen LogP) is 1.61. The molecule has 3 aromatic rings. The topological polar surface area (TPSA) is 136 Å². The van der Waals surface area contributed by atoms with Crippen molar-refractivity contribution in [3.05, 3.63) is 42.5 Å². The third kappa shape index (κ3) is 5.76. The van der Waals surface area contributed by atoms with E-state index in [2.05, 4.69) is 30.7 Å². The zero-order chi connectivity index (χ0) is 21.7. The Morgan fingerprint density at radius 2 is 1.90 bits per heavy atom. The van der Waals surface area contributed by atoms with Crippen molar-refractivity contribution in [3.63, 3.8) is 0 Å². The second-order valence-electron chi connectivity index (χ2n) is 5.84. The number of hydrogen-bond acceptors (Lipinski definition) is 8. The molecule has 2 heterocycles. The minimum absolute atomic E-state index is 0.0211. The summed E-state index contributed by atoms with van der Waals surface area (Å²) in [4.78, 5) is 23.4. The maximum atomic E-state index is 13.0. The molecule has 2 aromatic heterocycles. The molecule has 1 amide bonds. The second kappa shape index (κ2) is 8.59. The van der Waals surface area contributed by atoms with Crippen molar-refractivity contribution in [2.45, 2.75) is 6.18 Å². The molecule has 0 aliphatic carbocycles. The van der Waals surface area contributed by atoms with Crippen LogP contribution in [0.5, 0.6) is 0 Å². The molecular formula is C16H15F4N9O. The van der Waals surface area contributed by atoms with Crippen LogP contribution in [-0.4, -0.2) is 49.9 Å². The molecule has 0 fully saturated rings. The van der Waals surface area contributed by atoms with Crippen LogP contribution < -0.4 is 21.7 Å². The summed E-state index contributed by atoms with van der Waals surface area (Å²) in [6, 6.07) is 6.88. The lowest BCUT2D eigenvalue weighted by atomic mass is 10.3. The first-order chi connectivity index (χ1) is 14.2. The zero-order valence-electron chi connectivity index (χ0n) is 15.1. The van der Waals surface area contributed by atoms with Crippen molar-refractivity contribution in [1.82, 2.24) is 30.0 Å². The third-order valence-corrected chi connectivity index (χ3v) is 3.52. The number of hydrogen-bond donors (Lipinski definition) is 4. The summed E-state index contributed by atoms with van der Waals surface area (Å²) in [6.45, 7) is -1.86. The average molecular weight is 425 g/mol. The number of nitrogen functional groups attached to an aromatic ring is 1. The smallest absolute Gasteiger partial charge is 0.368 e. The van der Waals surface area contributed by atoms with Crippen molar-refractivity contribution >= 4 is 29.3 Å². The molecule has 10 nitrogen and oxygen atoms in total. The van der Waals surface area contributed by atoms with Crippen molar-refractivity contribution in [2.24, 2.45) is 0 Å². The largest absolute Gasteiger partial charge is 0.405 e. The van der Waals surface area contributed by atoms with E-state index in [-0.39, 0.29) is 23.5 Å². The van der Waals surface area contributed by atoms with E-state index in [0.717, 1.165) is 6.33 Å². The molecule has 158 valence electrons. The Balaban J connectivity index is 1.66. The SMILES string of the molecule is Nc1nc(Nc2ccc(F)cc2)nn1-c1cc(NCC(=O)NCC(F)(F)F)ncn1. The van der Waals surface area contributed by atoms with Crippen molar-refractivity contribution < 1.29 is 22.4 Å². The van der Waals surface area contributed by atoms with Gasteiger partial charge in [-0.05, 0) is 24.3 Å². The lowest BCUT2D eigenvalue weighted by Crippen LogP contribution is -2.37.